The molecule has 0 unspecified atom stereocenters. The van der Waals surface area contributed by atoms with Gasteiger partial charge in [0.15, 0.2) is 0 Å². The molecule has 0 spiro atoms. The van der Waals surface area contributed by atoms with Crippen LogP contribution in [0.15, 0.2) is 29.4 Å². The SMILES string of the molecule is Cc1nc(C)c(CC(=O)NCCSc2ccccn2)s1. The van der Waals surface area contributed by atoms with Gasteiger partial charge >= 0.3 is 0 Å². The van der Waals surface area contributed by atoms with Gasteiger partial charge in [0, 0.05) is 23.4 Å². The predicted molar refractivity (Wildman–Crippen MR) is 83.3 cm³/mol. The number of thioether (sulfide) groups is 1. The molecule has 0 aliphatic rings. The van der Waals surface area contributed by atoms with E-state index in [1.54, 1.807) is 29.3 Å². The van der Waals surface area contributed by atoms with E-state index >= 15 is 0 Å². The standard InChI is InChI=1S/C14H17N3OS2/c1-10-12(20-11(2)17-10)9-13(18)15-7-8-19-14-5-3-4-6-16-14/h3-6H,7-9H2,1-2H3,(H,15,18). The smallest absolute Gasteiger partial charge is 0.225 e. The van der Waals surface area contributed by atoms with E-state index in [-0.39, 0.29) is 5.91 Å². The summed E-state index contributed by atoms with van der Waals surface area (Å²) in [5, 5.41) is 4.92. The second-order valence-electron chi connectivity index (χ2n) is 4.28. The maximum Gasteiger partial charge on any atom is 0.225 e. The second kappa shape index (κ2) is 7.40. The number of nitrogens with one attached hydrogen (secondary N) is 1. The van der Waals surface area contributed by atoms with Gasteiger partial charge in [0.1, 0.15) is 0 Å². The normalized spacial score (nSPS) is 10.5. The molecule has 0 radical (unpaired) electrons. The van der Waals surface area contributed by atoms with Gasteiger partial charge in [-0.2, -0.15) is 0 Å². The summed E-state index contributed by atoms with van der Waals surface area (Å²) in [6.45, 7) is 4.56. The van der Waals surface area contributed by atoms with Crippen molar-refractivity contribution in [1.29, 1.82) is 0 Å². The van der Waals surface area contributed by atoms with Crippen LogP contribution in [-0.4, -0.2) is 28.2 Å². The fourth-order valence-corrected chi connectivity index (χ4v) is 3.38. The predicted octanol–water partition coefficient (Wildman–Crippen LogP) is 2.61. The zero-order valence-corrected chi connectivity index (χ0v) is 13.2. The van der Waals surface area contributed by atoms with Gasteiger partial charge in [-0.3, -0.25) is 4.79 Å². The van der Waals surface area contributed by atoms with Gasteiger partial charge < -0.3 is 5.32 Å². The van der Waals surface area contributed by atoms with Crippen LogP contribution in [0, 0.1) is 13.8 Å². The average Bonchev–Trinajstić information content (AvgIpc) is 2.74. The quantitative estimate of drug-likeness (QED) is 0.658. The van der Waals surface area contributed by atoms with Crippen LogP contribution in [0.2, 0.25) is 0 Å². The molecule has 2 rings (SSSR count). The number of hydrogen-bond acceptors (Lipinski definition) is 5. The maximum atomic E-state index is 11.8. The largest absolute Gasteiger partial charge is 0.355 e. The van der Waals surface area contributed by atoms with Gasteiger partial charge in [-0.15, -0.1) is 23.1 Å². The van der Waals surface area contributed by atoms with Crippen LogP contribution in [0.4, 0.5) is 0 Å². The van der Waals surface area contributed by atoms with Crippen LogP contribution < -0.4 is 5.32 Å². The number of nitrogens with zero attached hydrogens (tertiary/aromatic N) is 2. The van der Waals surface area contributed by atoms with E-state index in [2.05, 4.69) is 15.3 Å². The molecule has 0 bridgehead atoms. The Morgan fingerprint density at radius 1 is 1.40 bits per heavy atom. The van der Waals surface area contributed by atoms with Crippen molar-refractivity contribution in [3.8, 4) is 0 Å². The summed E-state index contributed by atoms with van der Waals surface area (Å²) in [7, 11) is 0. The molecule has 0 saturated heterocycles. The first-order valence-electron chi connectivity index (χ1n) is 6.38. The highest BCUT2D eigenvalue weighted by Crippen LogP contribution is 2.17. The van der Waals surface area contributed by atoms with Crippen LogP contribution in [0.1, 0.15) is 15.6 Å². The number of amides is 1. The first-order valence-corrected chi connectivity index (χ1v) is 8.19. The molecule has 4 nitrogen and oxygen atoms in total. The molecular weight excluding hydrogens is 290 g/mol. The van der Waals surface area contributed by atoms with Crippen molar-refractivity contribution in [1.82, 2.24) is 15.3 Å². The Labute approximate surface area is 127 Å². The molecule has 20 heavy (non-hydrogen) atoms. The van der Waals surface area contributed by atoms with Crippen molar-refractivity contribution in [2.75, 3.05) is 12.3 Å². The second-order valence-corrected chi connectivity index (χ2v) is 6.69. The molecule has 1 amide bonds. The molecule has 0 aromatic carbocycles. The van der Waals surface area contributed by atoms with Crippen molar-refractivity contribution >= 4 is 29.0 Å². The number of rotatable bonds is 6. The van der Waals surface area contributed by atoms with E-state index in [1.165, 1.54) is 0 Å². The third-order valence-corrected chi connectivity index (χ3v) is 4.65. The van der Waals surface area contributed by atoms with E-state index < -0.39 is 0 Å². The van der Waals surface area contributed by atoms with Crippen molar-refractivity contribution in [3.63, 3.8) is 0 Å². The van der Waals surface area contributed by atoms with Gasteiger partial charge in [0.2, 0.25) is 5.91 Å². The first-order chi connectivity index (χ1) is 9.65. The van der Waals surface area contributed by atoms with E-state index in [9.17, 15) is 4.79 Å². The lowest BCUT2D eigenvalue weighted by Crippen LogP contribution is -2.27. The van der Waals surface area contributed by atoms with Gasteiger partial charge in [0.05, 0.1) is 22.1 Å². The minimum absolute atomic E-state index is 0.0540. The summed E-state index contributed by atoms with van der Waals surface area (Å²) in [6, 6.07) is 5.82. The third-order valence-electron chi connectivity index (χ3n) is 2.63. The van der Waals surface area contributed by atoms with Gasteiger partial charge in [-0.25, -0.2) is 9.97 Å². The first kappa shape index (κ1) is 15.0. The van der Waals surface area contributed by atoms with Crippen molar-refractivity contribution in [2.24, 2.45) is 0 Å². The lowest BCUT2D eigenvalue weighted by atomic mass is 10.3. The third kappa shape index (κ3) is 4.61. The van der Waals surface area contributed by atoms with Gasteiger partial charge in [-0.05, 0) is 26.0 Å². The number of carbonyl (C=O) groups excluding carboxylic acids is 1. The molecule has 0 atom stereocenters. The average molecular weight is 307 g/mol. The molecule has 0 aliphatic carbocycles. The summed E-state index contributed by atoms with van der Waals surface area (Å²) in [5.41, 5.74) is 0.963. The summed E-state index contributed by atoms with van der Waals surface area (Å²) in [4.78, 5) is 21.4. The van der Waals surface area contributed by atoms with E-state index in [4.69, 9.17) is 0 Å². The highest BCUT2D eigenvalue weighted by Gasteiger charge is 2.09. The highest BCUT2D eigenvalue weighted by atomic mass is 32.2. The fourth-order valence-electron chi connectivity index (χ4n) is 1.72. The zero-order chi connectivity index (χ0) is 14.4. The molecule has 2 aromatic heterocycles. The lowest BCUT2D eigenvalue weighted by molar-refractivity contribution is -0.120. The highest BCUT2D eigenvalue weighted by molar-refractivity contribution is 7.99. The number of thiazole rings is 1. The van der Waals surface area contributed by atoms with Crippen molar-refractivity contribution in [2.45, 2.75) is 25.3 Å². The monoisotopic (exact) mass is 307 g/mol. The number of pyridine rings is 1. The lowest BCUT2D eigenvalue weighted by Gasteiger charge is -2.04. The molecule has 106 valence electrons. The Morgan fingerprint density at radius 3 is 2.90 bits per heavy atom. The number of carbonyl (C=O) groups is 1. The molecule has 1 N–H and O–H groups in total. The summed E-state index contributed by atoms with van der Waals surface area (Å²) in [5.74, 6) is 0.877. The summed E-state index contributed by atoms with van der Waals surface area (Å²) >= 11 is 3.23. The fraction of sp³-hybridized carbons (Fsp3) is 0.357. The zero-order valence-electron chi connectivity index (χ0n) is 11.5. The Kier molecular flexibility index (Phi) is 5.55. The molecular formula is C14H17N3OS2. The Balaban J connectivity index is 1.69. The number of aryl methyl sites for hydroxylation is 2. The van der Waals surface area contributed by atoms with Crippen molar-refractivity contribution < 1.29 is 4.79 Å². The molecule has 2 heterocycles. The minimum atomic E-state index is 0.0540. The van der Waals surface area contributed by atoms with Crippen LogP contribution in [0.25, 0.3) is 0 Å². The van der Waals surface area contributed by atoms with Crippen LogP contribution in [0.5, 0.6) is 0 Å². The van der Waals surface area contributed by atoms with E-state index in [1.807, 2.05) is 32.0 Å². The van der Waals surface area contributed by atoms with Gasteiger partial charge in [0.25, 0.3) is 0 Å². The molecule has 6 heteroatoms. The van der Waals surface area contributed by atoms with E-state index in [0.29, 0.717) is 13.0 Å². The van der Waals surface area contributed by atoms with Crippen LogP contribution >= 0.6 is 23.1 Å². The number of aromatic nitrogens is 2. The van der Waals surface area contributed by atoms with Crippen LogP contribution in [-0.2, 0) is 11.2 Å². The minimum Gasteiger partial charge on any atom is -0.355 e. The topological polar surface area (TPSA) is 54.9 Å². The molecule has 0 fully saturated rings. The maximum absolute atomic E-state index is 11.8. The van der Waals surface area contributed by atoms with Crippen molar-refractivity contribution in [3.05, 3.63) is 40.0 Å². The number of hydrogen-bond donors (Lipinski definition) is 1. The Morgan fingerprint density at radius 2 is 2.25 bits per heavy atom. The Bertz CT molecular complexity index is 569. The molecule has 0 aliphatic heterocycles. The van der Waals surface area contributed by atoms with E-state index in [0.717, 1.165) is 26.4 Å². The van der Waals surface area contributed by atoms with Crippen LogP contribution in [0.3, 0.4) is 0 Å². The summed E-state index contributed by atoms with van der Waals surface area (Å²) in [6.07, 6.45) is 2.20. The Hall–Kier alpha value is -1.40. The summed E-state index contributed by atoms with van der Waals surface area (Å²) < 4.78 is 0. The van der Waals surface area contributed by atoms with Gasteiger partial charge in [-0.1, -0.05) is 6.07 Å². The molecule has 0 saturated carbocycles. The molecule has 2 aromatic rings.